The van der Waals surface area contributed by atoms with E-state index in [0.29, 0.717) is 0 Å². The summed E-state index contributed by atoms with van der Waals surface area (Å²) in [5, 5.41) is 27.6. The predicted octanol–water partition coefficient (Wildman–Crippen LogP) is 3.89. The van der Waals surface area contributed by atoms with Gasteiger partial charge < -0.3 is 20.1 Å². The van der Waals surface area contributed by atoms with Crippen molar-refractivity contribution in [3.8, 4) is 0 Å². The first-order valence-corrected chi connectivity index (χ1v) is 10.4. The average molecular weight is 373 g/mol. The van der Waals surface area contributed by atoms with E-state index in [1.807, 2.05) is 0 Å². The molecule has 0 aromatic carbocycles. The van der Waals surface area contributed by atoms with E-state index in [0.717, 1.165) is 44.9 Å². The minimum Gasteiger partial charge on any atom is -0.460 e. The minimum atomic E-state index is -1.01. The van der Waals surface area contributed by atoms with Gasteiger partial charge in [0.05, 0.1) is 12.7 Å². The molecule has 0 aromatic heterocycles. The summed E-state index contributed by atoms with van der Waals surface area (Å²) in [6.45, 7) is 1.62. The molecule has 0 saturated carbocycles. The molecule has 5 nitrogen and oxygen atoms in total. The number of allylic oxidation sites excluding steroid dienone is 1. The standard InChI is InChI=1S/C21H40O5/c1-2-3-4-11-14-19(23)15-12-9-7-5-6-8-10-13-16-21(25)26-18-20(24)17-22/h13,16,19-20,22-24H,2-12,14-15,17-18H2,1H3. The summed E-state index contributed by atoms with van der Waals surface area (Å²) in [5.74, 6) is -0.481. The van der Waals surface area contributed by atoms with Crippen LogP contribution in [0.15, 0.2) is 12.2 Å². The fourth-order valence-electron chi connectivity index (χ4n) is 2.76. The van der Waals surface area contributed by atoms with Gasteiger partial charge in [-0.1, -0.05) is 70.8 Å². The van der Waals surface area contributed by atoms with Crippen LogP contribution in [0.4, 0.5) is 0 Å². The Hall–Kier alpha value is -0.910. The summed E-state index contributed by atoms with van der Waals surface area (Å²) in [5.41, 5.74) is 0. The van der Waals surface area contributed by atoms with Gasteiger partial charge in [-0.15, -0.1) is 0 Å². The number of ether oxygens (including phenoxy) is 1. The molecule has 0 aliphatic carbocycles. The van der Waals surface area contributed by atoms with E-state index in [1.54, 1.807) is 6.08 Å². The molecule has 0 saturated heterocycles. The normalized spacial score (nSPS) is 13.8. The molecule has 0 rings (SSSR count). The monoisotopic (exact) mass is 372 g/mol. The van der Waals surface area contributed by atoms with Crippen LogP contribution in [0, 0.1) is 0 Å². The van der Waals surface area contributed by atoms with Crippen LogP contribution in [-0.4, -0.2) is 46.7 Å². The number of carbonyl (C=O) groups is 1. The molecule has 0 aromatic rings. The second-order valence-corrected chi connectivity index (χ2v) is 7.07. The molecular formula is C21H40O5. The van der Waals surface area contributed by atoms with Crippen molar-refractivity contribution in [1.29, 1.82) is 0 Å². The lowest BCUT2D eigenvalue weighted by Crippen LogP contribution is -2.21. The Morgan fingerprint density at radius 1 is 0.885 bits per heavy atom. The van der Waals surface area contributed by atoms with Crippen molar-refractivity contribution < 1.29 is 24.9 Å². The molecule has 26 heavy (non-hydrogen) atoms. The molecule has 0 amide bonds. The number of hydrogen-bond acceptors (Lipinski definition) is 5. The van der Waals surface area contributed by atoms with E-state index in [-0.39, 0.29) is 12.7 Å². The van der Waals surface area contributed by atoms with Gasteiger partial charge in [-0.2, -0.15) is 0 Å². The Labute approximate surface area is 159 Å². The largest absolute Gasteiger partial charge is 0.460 e. The van der Waals surface area contributed by atoms with E-state index >= 15 is 0 Å². The zero-order chi connectivity index (χ0) is 19.5. The molecular weight excluding hydrogens is 332 g/mol. The van der Waals surface area contributed by atoms with Crippen LogP contribution >= 0.6 is 0 Å². The van der Waals surface area contributed by atoms with Gasteiger partial charge in [0, 0.05) is 6.08 Å². The third-order valence-corrected chi connectivity index (χ3v) is 4.43. The highest BCUT2D eigenvalue weighted by Gasteiger charge is 2.05. The third-order valence-electron chi connectivity index (χ3n) is 4.43. The molecule has 2 unspecified atom stereocenters. The van der Waals surface area contributed by atoms with Crippen molar-refractivity contribution >= 4 is 5.97 Å². The Balaban J connectivity index is 3.35. The van der Waals surface area contributed by atoms with Gasteiger partial charge in [0.1, 0.15) is 12.7 Å². The van der Waals surface area contributed by atoms with Crippen molar-refractivity contribution in [2.24, 2.45) is 0 Å². The lowest BCUT2D eigenvalue weighted by Gasteiger charge is -2.10. The number of hydrogen-bond donors (Lipinski definition) is 3. The summed E-state index contributed by atoms with van der Waals surface area (Å²) in [6, 6.07) is 0. The fraction of sp³-hybridized carbons (Fsp3) is 0.857. The summed E-state index contributed by atoms with van der Waals surface area (Å²) < 4.78 is 4.77. The van der Waals surface area contributed by atoms with Crippen molar-refractivity contribution in [2.75, 3.05) is 13.2 Å². The average Bonchev–Trinajstić information content (AvgIpc) is 2.64. The van der Waals surface area contributed by atoms with Gasteiger partial charge in [-0.3, -0.25) is 0 Å². The van der Waals surface area contributed by atoms with Crippen molar-refractivity contribution in [2.45, 2.75) is 103 Å². The lowest BCUT2D eigenvalue weighted by molar-refractivity contribution is -0.141. The van der Waals surface area contributed by atoms with Crippen LogP contribution in [-0.2, 0) is 9.53 Å². The van der Waals surface area contributed by atoms with Gasteiger partial charge in [0.2, 0.25) is 0 Å². The van der Waals surface area contributed by atoms with Crippen LogP contribution in [0.3, 0.4) is 0 Å². The maximum Gasteiger partial charge on any atom is 0.330 e. The summed E-state index contributed by atoms with van der Waals surface area (Å²) in [7, 11) is 0. The minimum absolute atomic E-state index is 0.116. The molecule has 2 atom stereocenters. The quantitative estimate of drug-likeness (QED) is 0.193. The molecule has 0 spiro atoms. The fourth-order valence-corrected chi connectivity index (χ4v) is 2.76. The molecule has 5 heteroatoms. The third kappa shape index (κ3) is 17.9. The van der Waals surface area contributed by atoms with E-state index in [2.05, 4.69) is 6.92 Å². The second-order valence-electron chi connectivity index (χ2n) is 7.07. The number of esters is 1. The first-order chi connectivity index (χ1) is 12.6. The van der Waals surface area contributed by atoms with Crippen LogP contribution in [0.5, 0.6) is 0 Å². The van der Waals surface area contributed by atoms with E-state index in [4.69, 9.17) is 14.9 Å². The van der Waals surface area contributed by atoms with Gasteiger partial charge in [0.25, 0.3) is 0 Å². The Morgan fingerprint density at radius 3 is 2.08 bits per heavy atom. The highest BCUT2D eigenvalue weighted by atomic mass is 16.5. The van der Waals surface area contributed by atoms with Gasteiger partial charge in [-0.05, 0) is 25.7 Å². The number of aliphatic hydroxyl groups is 3. The molecule has 0 fully saturated rings. The zero-order valence-corrected chi connectivity index (χ0v) is 16.6. The topological polar surface area (TPSA) is 87.0 Å². The van der Waals surface area contributed by atoms with Gasteiger partial charge in [-0.25, -0.2) is 4.79 Å². The zero-order valence-electron chi connectivity index (χ0n) is 16.6. The summed E-state index contributed by atoms with van der Waals surface area (Å²) >= 11 is 0. The highest BCUT2D eigenvalue weighted by Crippen LogP contribution is 2.13. The van der Waals surface area contributed by atoms with Crippen LogP contribution in [0.1, 0.15) is 90.4 Å². The SMILES string of the molecule is CCCCCCC(O)CCCCCCCCC=CC(=O)OCC(O)CO. The Kier molecular flexibility index (Phi) is 18.2. The summed E-state index contributed by atoms with van der Waals surface area (Å²) in [4.78, 5) is 11.3. The van der Waals surface area contributed by atoms with Crippen molar-refractivity contribution in [3.63, 3.8) is 0 Å². The Morgan fingerprint density at radius 2 is 1.46 bits per heavy atom. The smallest absolute Gasteiger partial charge is 0.330 e. The maximum atomic E-state index is 11.3. The first kappa shape index (κ1) is 25.1. The predicted molar refractivity (Wildman–Crippen MR) is 105 cm³/mol. The van der Waals surface area contributed by atoms with E-state index in [1.165, 1.54) is 44.6 Å². The molecule has 0 radical (unpaired) electrons. The van der Waals surface area contributed by atoms with Gasteiger partial charge in [0.15, 0.2) is 0 Å². The molecule has 0 aliphatic heterocycles. The van der Waals surface area contributed by atoms with Crippen LogP contribution in [0.2, 0.25) is 0 Å². The number of carbonyl (C=O) groups excluding carboxylic acids is 1. The van der Waals surface area contributed by atoms with E-state index < -0.39 is 18.7 Å². The second kappa shape index (κ2) is 18.9. The van der Waals surface area contributed by atoms with Gasteiger partial charge >= 0.3 is 5.97 Å². The lowest BCUT2D eigenvalue weighted by atomic mass is 10.0. The number of unbranched alkanes of at least 4 members (excludes halogenated alkanes) is 9. The van der Waals surface area contributed by atoms with Crippen molar-refractivity contribution in [1.82, 2.24) is 0 Å². The summed E-state index contributed by atoms with van der Waals surface area (Å²) in [6.07, 6.45) is 16.6. The number of rotatable bonds is 18. The van der Waals surface area contributed by atoms with Crippen LogP contribution < -0.4 is 0 Å². The first-order valence-electron chi connectivity index (χ1n) is 10.4. The molecule has 0 aliphatic rings. The molecule has 0 bridgehead atoms. The molecule has 154 valence electrons. The maximum absolute atomic E-state index is 11.3. The molecule has 3 N–H and O–H groups in total. The highest BCUT2D eigenvalue weighted by molar-refractivity contribution is 5.81. The molecule has 0 heterocycles. The van der Waals surface area contributed by atoms with Crippen molar-refractivity contribution in [3.05, 3.63) is 12.2 Å². The van der Waals surface area contributed by atoms with Crippen LogP contribution in [0.25, 0.3) is 0 Å². The number of aliphatic hydroxyl groups excluding tert-OH is 3. The Bertz CT molecular complexity index is 343. The van der Waals surface area contributed by atoms with E-state index in [9.17, 15) is 9.90 Å².